The lowest BCUT2D eigenvalue weighted by atomic mass is 9.90. The number of anilines is 1. The van der Waals surface area contributed by atoms with E-state index in [0.29, 0.717) is 17.6 Å². The summed E-state index contributed by atoms with van der Waals surface area (Å²) in [6, 6.07) is 4.30. The maximum absolute atomic E-state index is 11.5. The van der Waals surface area contributed by atoms with Gasteiger partial charge in [-0.25, -0.2) is 9.89 Å². The summed E-state index contributed by atoms with van der Waals surface area (Å²) >= 11 is 0. The van der Waals surface area contributed by atoms with Gasteiger partial charge in [-0.1, -0.05) is 0 Å². The van der Waals surface area contributed by atoms with Crippen LogP contribution in [-0.2, 0) is 0 Å². The predicted molar refractivity (Wildman–Crippen MR) is 77.1 cm³/mol. The van der Waals surface area contributed by atoms with Gasteiger partial charge in [0, 0.05) is 19.1 Å². The van der Waals surface area contributed by atoms with Gasteiger partial charge in [0.1, 0.15) is 5.82 Å². The molecule has 0 radical (unpaired) electrons. The van der Waals surface area contributed by atoms with Crippen LogP contribution in [0.5, 0.6) is 0 Å². The second-order valence-corrected chi connectivity index (χ2v) is 5.39. The number of nitrogens with one attached hydrogen (secondary N) is 2. The SMILES string of the molecule is CNC(C)C1CCN(c2ccc3n[nH]c(=O)n3n2)CC1. The van der Waals surface area contributed by atoms with Crippen LogP contribution < -0.4 is 15.9 Å². The Labute approximate surface area is 117 Å². The molecule has 2 N–H and O–H groups in total. The first-order valence-electron chi connectivity index (χ1n) is 7.05. The third-order valence-corrected chi connectivity index (χ3v) is 4.29. The lowest BCUT2D eigenvalue weighted by Gasteiger charge is -2.35. The van der Waals surface area contributed by atoms with E-state index in [1.807, 2.05) is 19.2 Å². The van der Waals surface area contributed by atoms with Crippen LogP contribution in [0, 0.1) is 5.92 Å². The van der Waals surface area contributed by atoms with Crippen LogP contribution in [-0.4, -0.2) is 46.0 Å². The van der Waals surface area contributed by atoms with Crippen molar-refractivity contribution in [2.45, 2.75) is 25.8 Å². The Bertz CT molecular complexity index is 640. The summed E-state index contributed by atoms with van der Waals surface area (Å²) in [7, 11) is 2.01. The first kappa shape index (κ1) is 13.1. The number of hydrogen-bond acceptors (Lipinski definition) is 5. The Kier molecular flexibility index (Phi) is 3.43. The fourth-order valence-electron chi connectivity index (χ4n) is 2.83. The van der Waals surface area contributed by atoms with E-state index in [4.69, 9.17) is 0 Å². The molecular formula is C13H20N6O. The van der Waals surface area contributed by atoms with E-state index in [9.17, 15) is 4.79 Å². The Balaban J connectivity index is 1.76. The molecule has 0 amide bonds. The van der Waals surface area contributed by atoms with Gasteiger partial charge in [0.15, 0.2) is 5.65 Å². The van der Waals surface area contributed by atoms with Crippen molar-refractivity contribution in [2.24, 2.45) is 5.92 Å². The molecule has 0 saturated carbocycles. The van der Waals surface area contributed by atoms with E-state index >= 15 is 0 Å². The number of rotatable bonds is 3. The van der Waals surface area contributed by atoms with E-state index in [2.05, 4.69) is 32.4 Å². The highest BCUT2D eigenvalue weighted by Gasteiger charge is 2.24. The normalized spacial score (nSPS) is 18.6. The highest BCUT2D eigenvalue weighted by Crippen LogP contribution is 2.23. The number of fused-ring (bicyclic) bond motifs is 1. The van der Waals surface area contributed by atoms with Crippen molar-refractivity contribution >= 4 is 11.5 Å². The summed E-state index contributed by atoms with van der Waals surface area (Å²) < 4.78 is 1.32. The number of aromatic nitrogens is 4. The molecule has 1 aliphatic rings. The van der Waals surface area contributed by atoms with Crippen LogP contribution in [0.4, 0.5) is 5.82 Å². The summed E-state index contributed by atoms with van der Waals surface area (Å²) in [5, 5.41) is 14.0. The van der Waals surface area contributed by atoms with Crippen molar-refractivity contribution in [2.75, 3.05) is 25.0 Å². The molecule has 0 aliphatic carbocycles. The molecule has 0 spiro atoms. The molecule has 3 heterocycles. The molecule has 1 unspecified atom stereocenters. The first-order chi connectivity index (χ1) is 9.69. The van der Waals surface area contributed by atoms with Crippen LogP contribution in [0.25, 0.3) is 5.65 Å². The average molecular weight is 276 g/mol. The Morgan fingerprint density at radius 1 is 1.40 bits per heavy atom. The van der Waals surface area contributed by atoms with Gasteiger partial charge in [0.25, 0.3) is 0 Å². The Morgan fingerprint density at radius 3 is 2.85 bits per heavy atom. The van der Waals surface area contributed by atoms with Crippen LogP contribution in [0.2, 0.25) is 0 Å². The molecule has 2 aromatic rings. The van der Waals surface area contributed by atoms with E-state index < -0.39 is 0 Å². The fraction of sp³-hybridized carbons (Fsp3) is 0.615. The van der Waals surface area contributed by atoms with Gasteiger partial charge in [-0.15, -0.1) is 5.10 Å². The van der Waals surface area contributed by atoms with Gasteiger partial charge in [-0.3, -0.25) is 0 Å². The van der Waals surface area contributed by atoms with Crippen LogP contribution in [0.15, 0.2) is 16.9 Å². The highest BCUT2D eigenvalue weighted by atomic mass is 16.2. The number of aromatic amines is 1. The van der Waals surface area contributed by atoms with E-state index in [0.717, 1.165) is 31.7 Å². The van der Waals surface area contributed by atoms with Gasteiger partial charge in [0.05, 0.1) is 0 Å². The summed E-state index contributed by atoms with van der Waals surface area (Å²) in [5.41, 5.74) is 0.262. The van der Waals surface area contributed by atoms with Crippen LogP contribution in [0.1, 0.15) is 19.8 Å². The molecule has 7 heteroatoms. The van der Waals surface area contributed by atoms with Gasteiger partial charge in [-0.2, -0.15) is 9.61 Å². The highest BCUT2D eigenvalue weighted by molar-refractivity contribution is 5.45. The number of piperidine rings is 1. The third kappa shape index (κ3) is 2.29. The first-order valence-corrected chi connectivity index (χ1v) is 7.05. The van der Waals surface area contributed by atoms with Crippen molar-refractivity contribution in [3.8, 4) is 0 Å². The minimum absolute atomic E-state index is 0.291. The van der Waals surface area contributed by atoms with E-state index in [-0.39, 0.29) is 5.69 Å². The molecular weight excluding hydrogens is 256 g/mol. The number of hydrogen-bond donors (Lipinski definition) is 2. The van der Waals surface area contributed by atoms with Gasteiger partial charge < -0.3 is 10.2 Å². The molecule has 1 saturated heterocycles. The molecule has 20 heavy (non-hydrogen) atoms. The van der Waals surface area contributed by atoms with Crippen molar-refractivity contribution in [3.05, 3.63) is 22.6 Å². The number of nitrogens with zero attached hydrogens (tertiary/aromatic N) is 4. The van der Waals surface area contributed by atoms with Crippen molar-refractivity contribution in [3.63, 3.8) is 0 Å². The van der Waals surface area contributed by atoms with Gasteiger partial charge in [-0.05, 0) is 44.9 Å². The van der Waals surface area contributed by atoms with E-state index in [1.165, 1.54) is 4.52 Å². The molecule has 1 atom stereocenters. The molecule has 108 valence electrons. The lowest BCUT2D eigenvalue weighted by Crippen LogP contribution is -2.41. The van der Waals surface area contributed by atoms with Gasteiger partial charge in [0.2, 0.25) is 0 Å². The monoisotopic (exact) mass is 276 g/mol. The Morgan fingerprint density at radius 2 is 2.15 bits per heavy atom. The summed E-state index contributed by atoms with van der Waals surface area (Å²) in [5.74, 6) is 1.55. The molecule has 3 rings (SSSR count). The van der Waals surface area contributed by atoms with Crippen molar-refractivity contribution < 1.29 is 0 Å². The largest absolute Gasteiger partial charge is 0.364 e. The molecule has 0 aromatic carbocycles. The third-order valence-electron chi connectivity index (χ3n) is 4.29. The zero-order chi connectivity index (χ0) is 14.1. The predicted octanol–water partition coefficient (Wildman–Crippen LogP) is 0.242. The van der Waals surface area contributed by atoms with E-state index in [1.54, 1.807) is 0 Å². The maximum Gasteiger partial charge on any atom is 0.364 e. The topological polar surface area (TPSA) is 78.3 Å². The zero-order valence-electron chi connectivity index (χ0n) is 11.8. The minimum Gasteiger partial charge on any atom is -0.355 e. The standard InChI is InChI=1S/C13H20N6O/c1-9(14-2)10-5-7-18(8-6-10)12-4-3-11-15-16-13(20)19(11)17-12/h3-4,9-10,14H,5-8H2,1-2H3,(H,16,20). The van der Waals surface area contributed by atoms with Crippen molar-refractivity contribution in [1.82, 2.24) is 25.1 Å². The molecule has 0 bridgehead atoms. The summed E-state index contributed by atoms with van der Waals surface area (Å²) in [6.07, 6.45) is 2.28. The smallest absolute Gasteiger partial charge is 0.355 e. The molecule has 1 aliphatic heterocycles. The maximum atomic E-state index is 11.5. The molecule has 2 aromatic heterocycles. The molecule has 1 fully saturated rings. The second kappa shape index (κ2) is 5.24. The Hall–Kier alpha value is -1.89. The second-order valence-electron chi connectivity index (χ2n) is 5.39. The number of H-pyrrole nitrogens is 1. The minimum atomic E-state index is -0.291. The quantitative estimate of drug-likeness (QED) is 0.840. The zero-order valence-corrected chi connectivity index (χ0v) is 11.8. The van der Waals surface area contributed by atoms with Crippen molar-refractivity contribution in [1.29, 1.82) is 0 Å². The summed E-state index contributed by atoms with van der Waals surface area (Å²) in [4.78, 5) is 13.8. The fourth-order valence-corrected chi connectivity index (χ4v) is 2.83. The average Bonchev–Trinajstić information content (AvgIpc) is 2.87. The van der Waals surface area contributed by atoms with Gasteiger partial charge >= 0.3 is 5.69 Å². The molecule has 7 nitrogen and oxygen atoms in total. The lowest BCUT2D eigenvalue weighted by molar-refractivity contribution is 0.322. The van der Waals surface area contributed by atoms with Crippen LogP contribution >= 0.6 is 0 Å². The summed E-state index contributed by atoms with van der Waals surface area (Å²) in [6.45, 7) is 4.18. The van der Waals surface area contributed by atoms with Crippen LogP contribution in [0.3, 0.4) is 0 Å².